The number of hydrogen-bond acceptors (Lipinski definition) is 3. The maximum absolute atomic E-state index is 5.57. The Morgan fingerprint density at radius 2 is 2.40 bits per heavy atom. The van der Waals surface area contributed by atoms with Crippen LogP contribution in [0, 0.1) is 6.07 Å². The van der Waals surface area contributed by atoms with Crippen molar-refractivity contribution in [1.29, 1.82) is 0 Å². The average Bonchev–Trinajstić information content (AvgIpc) is 2.26. The Morgan fingerprint density at radius 3 is 3.20 bits per heavy atom. The third kappa shape index (κ3) is 2.42. The molecular formula is C12H17N2O. The Bertz CT molecular complexity index is 325. The summed E-state index contributed by atoms with van der Waals surface area (Å²) in [5.41, 5.74) is 1.20. The number of nitrogens with zero attached hydrogens (tertiary/aromatic N) is 2. The Kier molecular flexibility index (Phi) is 3.11. The van der Waals surface area contributed by atoms with Gasteiger partial charge < -0.3 is 14.5 Å². The molecule has 3 nitrogen and oxygen atoms in total. The molecule has 0 saturated heterocycles. The third-order valence-corrected chi connectivity index (χ3v) is 2.58. The van der Waals surface area contributed by atoms with Gasteiger partial charge in [0.1, 0.15) is 12.4 Å². The smallest absolute Gasteiger partial charge is 0.143 e. The standard InChI is InChI=1S/C12H17N2O/c1-13(2)7-8-14-9-10-15-12-6-4-3-5-11(12)14/h3,5-6H,7-10H2,1-2H3. The molecule has 0 amide bonds. The van der Waals surface area contributed by atoms with Gasteiger partial charge in [-0.15, -0.1) is 0 Å². The van der Waals surface area contributed by atoms with Crippen molar-refractivity contribution in [3.05, 3.63) is 24.3 Å². The van der Waals surface area contributed by atoms with Crippen LogP contribution in [-0.4, -0.2) is 45.2 Å². The van der Waals surface area contributed by atoms with Crippen LogP contribution in [0.1, 0.15) is 0 Å². The molecule has 0 unspecified atom stereocenters. The zero-order chi connectivity index (χ0) is 10.7. The van der Waals surface area contributed by atoms with Gasteiger partial charge in [0.05, 0.1) is 12.2 Å². The predicted octanol–water partition coefficient (Wildman–Crippen LogP) is 1.25. The van der Waals surface area contributed by atoms with E-state index in [1.807, 2.05) is 12.1 Å². The topological polar surface area (TPSA) is 15.7 Å². The molecule has 0 aromatic heterocycles. The Morgan fingerprint density at radius 1 is 1.53 bits per heavy atom. The van der Waals surface area contributed by atoms with Gasteiger partial charge in [-0.3, -0.25) is 0 Å². The highest BCUT2D eigenvalue weighted by Gasteiger charge is 2.16. The molecule has 0 saturated carbocycles. The average molecular weight is 205 g/mol. The summed E-state index contributed by atoms with van der Waals surface area (Å²) in [6, 6.07) is 8.97. The molecule has 1 radical (unpaired) electrons. The minimum atomic E-state index is 0.776. The molecule has 0 bridgehead atoms. The van der Waals surface area contributed by atoms with Gasteiger partial charge in [0.25, 0.3) is 0 Å². The lowest BCUT2D eigenvalue weighted by molar-refractivity contribution is 0.302. The number of fused-ring (bicyclic) bond motifs is 1. The Balaban J connectivity index is 2.08. The zero-order valence-corrected chi connectivity index (χ0v) is 9.36. The van der Waals surface area contributed by atoms with Gasteiger partial charge in [0, 0.05) is 13.1 Å². The molecule has 1 aliphatic rings. The minimum Gasteiger partial charge on any atom is -0.490 e. The third-order valence-electron chi connectivity index (χ3n) is 2.58. The Labute approximate surface area is 91.2 Å². The van der Waals surface area contributed by atoms with E-state index in [0.717, 1.165) is 32.0 Å². The van der Waals surface area contributed by atoms with E-state index in [-0.39, 0.29) is 0 Å². The van der Waals surface area contributed by atoms with Gasteiger partial charge in [-0.05, 0) is 32.3 Å². The van der Waals surface area contributed by atoms with Gasteiger partial charge in [-0.2, -0.15) is 0 Å². The second kappa shape index (κ2) is 4.53. The van der Waals surface area contributed by atoms with Crippen LogP contribution in [0.3, 0.4) is 0 Å². The highest BCUT2D eigenvalue weighted by Crippen LogP contribution is 2.30. The molecule has 81 valence electrons. The number of hydrogen-bond donors (Lipinski definition) is 0. The molecule has 0 atom stereocenters. The number of likely N-dealkylation sites (N-methyl/N-ethyl adjacent to an activating group) is 1. The molecule has 1 aromatic rings. The van der Waals surface area contributed by atoms with E-state index in [9.17, 15) is 0 Å². The maximum atomic E-state index is 5.57. The van der Waals surface area contributed by atoms with Crippen molar-refractivity contribution in [1.82, 2.24) is 4.90 Å². The van der Waals surface area contributed by atoms with Crippen LogP contribution in [0.2, 0.25) is 0 Å². The summed E-state index contributed by atoms with van der Waals surface area (Å²) in [4.78, 5) is 4.57. The van der Waals surface area contributed by atoms with Crippen LogP contribution in [-0.2, 0) is 0 Å². The Hall–Kier alpha value is -1.22. The molecule has 0 N–H and O–H groups in total. The lowest BCUT2D eigenvalue weighted by Crippen LogP contribution is -2.37. The minimum absolute atomic E-state index is 0.776. The summed E-state index contributed by atoms with van der Waals surface area (Å²) in [5.74, 6) is 0.961. The largest absolute Gasteiger partial charge is 0.490 e. The van der Waals surface area contributed by atoms with E-state index in [0.29, 0.717) is 0 Å². The second-order valence-electron chi connectivity index (χ2n) is 4.03. The van der Waals surface area contributed by atoms with Gasteiger partial charge in [0.2, 0.25) is 0 Å². The van der Waals surface area contributed by atoms with Crippen LogP contribution < -0.4 is 9.64 Å². The first-order chi connectivity index (χ1) is 7.27. The van der Waals surface area contributed by atoms with E-state index in [1.54, 1.807) is 0 Å². The van der Waals surface area contributed by atoms with Gasteiger partial charge >= 0.3 is 0 Å². The van der Waals surface area contributed by atoms with Crippen LogP contribution >= 0.6 is 0 Å². The van der Waals surface area contributed by atoms with Crippen molar-refractivity contribution in [2.75, 3.05) is 45.2 Å². The first-order valence-electron chi connectivity index (χ1n) is 5.30. The van der Waals surface area contributed by atoms with Gasteiger partial charge in [-0.1, -0.05) is 6.07 Å². The second-order valence-corrected chi connectivity index (χ2v) is 4.03. The number of ether oxygens (including phenoxy) is 1. The molecule has 3 heteroatoms. The molecular weight excluding hydrogens is 188 g/mol. The molecule has 0 aliphatic carbocycles. The molecule has 15 heavy (non-hydrogen) atoms. The molecule has 1 heterocycles. The fourth-order valence-electron chi connectivity index (χ4n) is 1.72. The van der Waals surface area contributed by atoms with Crippen molar-refractivity contribution < 1.29 is 4.74 Å². The maximum Gasteiger partial charge on any atom is 0.143 e. The first-order valence-corrected chi connectivity index (χ1v) is 5.30. The molecule has 1 aliphatic heterocycles. The highest BCUT2D eigenvalue weighted by atomic mass is 16.5. The van der Waals surface area contributed by atoms with Crippen molar-refractivity contribution >= 4 is 5.69 Å². The van der Waals surface area contributed by atoms with Crippen LogP contribution in [0.25, 0.3) is 0 Å². The summed E-state index contributed by atoms with van der Waals surface area (Å²) in [6.07, 6.45) is 0. The van der Waals surface area contributed by atoms with Crippen molar-refractivity contribution in [3.63, 3.8) is 0 Å². The van der Waals surface area contributed by atoms with Gasteiger partial charge in [-0.25, -0.2) is 0 Å². The number of anilines is 1. The van der Waals surface area contributed by atoms with Gasteiger partial charge in [0.15, 0.2) is 0 Å². The number of rotatable bonds is 3. The summed E-state index contributed by atoms with van der Waals surface area (Å²) in [5, 5.41) is 0. The van der Waals surface area contributed by atoms with E-state index in [1.165, 1.54) is 5.69 Å². The SMILES string of the molecule is CN(C)CCN1CCOc2c[c]ccc21. The van der Waals surface area contributed by atoms with E-state index in [4.69, 9.17) is 4.74 Å². The predicted molar refractivity (Wildman–Crippen MR) is 61.5 cm³/mol. The van der Waals surface area contributed by atoms with Crippen LogP contribution in [0.15, 0.2) is 18.2 Å². The monoisotopic (exact) mass is 205 g/mol. The zero-order valence-electron chi connectivity index (χ0n) is 9.36. The van der Waals surface area contributed by atoms with Crippen molar-refractivity contribution in [3.8, 4) is 5.75 Å². The molecule has 0 spiro atoms. The number of benzene rings is 1. The van der Waals surface area contributed by atoms with Crippen molar-refractivity contribution in [2.24, 2.45) is 0 Å². The van der Waals surface area contributed by atoms with Crippen molar-refractivity contribution in [2.45, 2.75) is 0 Å². The molecule has 1 aromatic carbocycles. The summed E-state index contributed by atoms with van der Waals surface area (Å²) >= 11 is 0. The molecule has 2 rings (SSSR count). The summed E-state index contributed by atoms with van der Waals surface area (Å²) in [6.45, 7) is 3.87. The quantitative estimate of drug-likeness (QED) is 0.738. The first kappa shape index (κ1) is 10.3. The van der Waals surface area contributed by atoms with E-state index < -0.39 is 0 Å². The highest BCUT2D eigenvalue weighted by molar-refractivity contribution is 5.59. The summed E-state index contributed by atoms with van der Waals surface area (Å²) < 4.78 is 5.57. The van der Waals surface area contributed by atoms with E-state index >= 15 is 0 Å². The fourth-order valence-corrected chi connectivity index (χ4v) is 1.72. The normalized spacial score (nSPS) is 15.0. The van der Waals surface area contributed by atoms with Crippen LogP contribution in [0.4, 0.5) is 5.69 Å². The molecule has 0 fully saturated rings. The summed E-state index contributed by atoms with van der Waals surface area (Å²) in [7, 11) is 4.19. The lowest BCUT2D eigenvalue weighted by Gasteiger charge is -2.31. The lowest BCUT2D eigenvalue weighted by atomic mass is 10.2. The fraction of sp³-hybridized carbons (Fsp3) is 0.500. The van der Waals surface area contributed by atoms with E-state index in [2.05, 4.69) is 36.0 Å². The van der Waals surface area contributed by atoms with Crippen LogP contribution in [0.5, 0.6) is 5.75 Å².